The van der Waals surface area contributed by atoms with Crippen LogP contribution in [-0.2, 0) is 0 Å². The van der Waals surface area contributed by atoms with Crippen LogP contribution < -0.4 is 0 Å². The summed E-state index contributed by atoms with van der Waals surface area (Å²) in [6, 6.07) is 6.48. The molecule has 0 radical (unpaired) electrons. The summed E-state index contributed by atoms with van der Waals surface area (Å²) in [5.41, 5.74) is 1.89. The Kier molecular flexibility index (Phi) is 5.22. The van der Waals surface area contributed by atoms with Crippen molar-refractivity contribution in [2.45, 2.75) is 33.2 Å². The van der Waals surface area contributed by atoms with Gasteiger partial charge in [-0.05, 0) is 47.8 Å². The molecule has 1 aromatic carbocycles. The van der Waals surface area contributed by atoms with E-state index in [-0.39, 0.29) is 5.91 Å². The van der Waals surface area contributed by atoms with Crippen LogP contribution in [0.25, 0.3) is 0 Å². The number of benzene rings is 1. The molecule has 1 heterocycles. The van der Waals surface area contributed by atoms with E-state index < -0.39 is 0 Å². The van der Waals surface area contributed by atoms with Crippen molar-refractivity contribution in [2.75, 3.05) is 26.2 Å². The van der Waals surface area contributed by atoms with Gasteiger partial charge in [0.1, 0.15) is 0 Å². The highest BCUT2D eigenvalue weighted by Crippen LogP contribution is 2.23. The first kappa shape index (κ1) is 15.5. The molecule has 1 atom stereocenters. The van der Waals surface area contributed by atoms with Crippen LogP contribution in [0, 0.1) is 6.92 Å². The van der Waals surface area contributed by atoms with Crippen molar-refractivity contribution in [3.63, 3.8) is 0 Å². The number of halogens is 1. The van der Waals surface area contributed by atoms with Gasteiger partial charge in [-0.15, -0.1) is 0 Å². The Morgan fingerprint density at radius 2 is 1.95 bits per heavy atom. The Morgan fingerprint density at radius 3 is 2.55 bits per heavy atom. The number of amides is 1. The second kappa shape index (κ2) is 6.72. The summed E-state index contributed by atoms with van der Waals surface area (Å²) in [4.78, 5) is 17.0. The van der Waals surface area contributed by atoms with Gasteiger partial charge < -0.3 is 4.90 Å². The van der Waals surface area contributed by atoms with E-state index in [2.05, 4.69) is 34.7 Å². The quantitative estimate of drug-likeness (QED) is 0.844. The third-order valence-electron chi connectivity index (χ3n) is 4.24. The van der Waals surface area contributed by atoms with E-state index in [1.807, 2.05) is 30.0 Å². The topological polar surface area (TPSA) is 23.6 Å². The number of nitrogens with zero attached hydrogens (tertiary/aromatic N) is 2. The van der Waals surface area contributed by atoms with Gasteiger partial charge in [-0.3, -0.25) is 9.69 Å². The second-order valence-electron chi connectivity index (χ2n) is 5.52. The molecule has 1 aliphatic heterocycles. The molecule has 1 saturated heterocycles. The molecule has 2 rings (SSSR count). The lowest BCUT2D eigenvalue weighted by molar-refractivity contribution is 0.0578. The van der Waals surface area contributed by atoms with Gasteiger partial charge in [0.15, 0.2) is 0 Å². The van der Waals surface area contributed by atoms with Crippen LogP contribution in [0.2, 0.25) is 0 Å². The smallest absolute Gasteiger partial charge is 0.255 e. The normalized spacial score (nSPS) is 18.1. The maximum Gasteiger partial charge on any atom is 0.255 e. The van der Waals surface area contributed by atoms with Gasteiger partial charge in [0, 0.05) is 36.7 Å². The minimum Gasteiger partial charge on any atom is -0.336 e. The monoisotopic (exact) mass is 338 g/mol. The molecule has 0 bridgehead atoms. The summed E-state index contributed by atoms with van der Waals surface area (Å²) in [6.07, 6.45) is 1.16. The highest BCUT2D eigenvalue weighted by atomic mass is 79.9. The van der Waals surface area contributed by atoms with Gasteiger partial charge in [0.2, 0.25) is 0 Å². The summed E-state index contributed by atoms with van der Waals surface area (Å²) < 4.78 is 0.925. The molecule has 0 aromatic heterocycles. The maximum absolute atomic E-state index is 12.6. The molecule has 0 spiro atoms. The molecule has 4 heteroatoms. The van der Waals surface area contributed by atoms with E-state index in [4.69, 9.17) is 0 Å². The van der Waals surface area contributed by atoms with Crippen molar-refractivity contribution in [1.82, 2.24) is 9.80 Å². The number of rotatable bonds is 3. The van der Waals surface area contributed by atoms with Gasteiger partial charge in [-0.25, -0.2) is 0 Å². The molecule has 1 aromatic rings. The molecular weight excluding hydrogens is 316 g/mol. The minimum atomic E-state index is 0.143. The van der Waals surface area contributed by atoms with E-state index >= 15 is 0 Å². The van der Waals surface area contributed by atoms with Crippen LogP contribution in [0.1, 0.15) is 36.2 Å². The predicted molar refractivity (Wildman–Crippen MR) is 86.1 cm³/mol. The summed E-state index contributed by atoms with van der Waals surface area (Å²) in [7, 11) is 0. The lowest BCUT2D eigenvalue weighted by Gasteiger charge is -2.38. The summed E-state index contributed by atoms with van der Waals surface area (Å²) in [5.74, 6) is 0.143. The van der Waals surface area contributed by atoms with Gasteiger partial charge in [-0.2, -0.15) is 0 Å². The van der Waals surface area contributed by atoms with Gasteiger partial charge in [0.25, 0.3) is 5.91 Å². The molecule has 3 nitrogen and oxygen atoms in total. The highest BCUT2D eigenvalue weighted by Gasteiger charge is 2.25. The van der Waals surface area contributed by atoms with Crippen molar-refractivity contribution in [3.8, 4) is 0 Å². The van der Waals surface area contributed by atoms with Crippen LogP contribution in [0.3, 0.4) is 0 Å². The summed E-state index contributed by atoms with van der Waals surface area (Å²) in [5, 5.41) is 0. The van der Waals surface area contributed by atoms with E-state index in [1.165, 1.54) is 0 Å². The number of carbonyl (C=O) groups excluding carboxylic acids is 1. The zero-order chi connectivity index (χ0) is 14.7. The number of carbonyl (C=O) groups is 1. The molecule has 0 N–H and O–H groups in total. The third-order valence-corrected chi connectivity index (χ3v) is 5.29. The van der Waals surface area contributed by atoms with E-state index in [1.54, 1.807) is 0 Å². The Labute approximate surface area is 130 Å². The highest BCUT2D eigenvalue weighted by molar-refractivity contribution is 9.10. The Morgan fingerprint density at radius 1 is 1.30 bits per heavy atom. The first-order chi connectivity index (χ1) is 9.54. The van der Waals surface area contributed by atoms with Crippen LogP contribution in [-0.4, -0.2) is 47.9 Å². The van der Waals surface area contributed by atoms with Crippen molar-refractivity contribution >= 4 is 21.8 Å². The zero-order valence-corrected chi connectivity index (χ0v) is 14.1. The lowest BCUT2D eigenvalue weighted by Crippen LogP contribution is -2.51. The molecule has 1 amide bonds. The molecule has 110 valence electrons. The van der Waals surface area contributed by atoms with Crippen molar-refractivity contribution in [1.29, 1.82) is 0 Å². The minimum absolute atomic E-state index is 0.143. The van der Waals surface area contributed by atoms with Gasteiger partial charge in [0.05, 0.1) is 5.56 Å². The van der Waals surface area contributed by atoms with Crippen molar-refractivity contribution in [3.05, 3.63) is 33.8 Å². The number of hydrogen-bond donors (Lipinski definition) is 0. The van der Waals surface area contributed by atoms with Gasteiger partial charge >= 0.3 is 0 Å². The molecule has 1 unspecified atom stereocenters. The molecular formula is C16H23BrN2O. The van der Waals surface area contributed by atoms with Gasteiger partial charge in [-0.1, -0.05) is 19.1 Å². The van der Waals surface area contributed by atoms with Crippen LogP contribution >= 0.6 is 15.9 Å². The SMILES string of the molecule is CCC(C)N1CCN(C(=O)c2cccc(C)c2Br)CC1. The van der Waals surface area contributed by atoms with Crippen LogP contribution in [0.15, 0.2) is 22.7 Å². The Balaban J connectivity index is 2.03. The number of aryl methyl sites for hydroxylation is 1. The average molecular weight is 339 g/mol. The van der Waals surface area contributed by atoms with E-state index in [0.29, 0.717) is 6.04 Å². The third kappa shape index (κ3) is 3.23. The fraction of sp³-hybridized carbons (Fsp3) is 0.562. The number of hydrogen-bond acceptors (Lipinski definition) is 2. The maximum atomic E-state index is 12.6. The van der Waals surface area contributed by atoms with Crippen LogP contribution in [0.5, 0.6) is 0 Å². The fourth-order valence-corrected chi connectivity index (χ4v) is 3.04. The van der Waals surface area contributed by atoms with E-state index in [9.17, 15) is 4.79 Å². The number of piperazine rings is 1. The Bertz CT molecular complexity index is 481. The van der Waals surface area contributed by atoms with Crippen LogP contribution in [0.4, 0.5) is 0 Å². The average Bonchev–Trinajstić information content (AvgIpc) is 2.48. The predicted octanol–water partition coefficient (Wildman–Crippen LogP) is 3.31. The zero-order valence-electron chi connectivity index (χ0n) is 12.5. The molecule has 1 aliphatic rings. The van der Waals surface area contributed by atoms with Crippen molar-refractivity contribution < 1.29 is 4.79 Å². The fourth-order valence-electron chi connectivity index (χ4n) is 2.61. The largest absolute Gasteiger partial charge is 0.336 e. The molecule has 20 heavy (non-hydrogen) atoms. The van der Waals surface area contributed by atoms with Crippen molar-refractivity contribution in [2.24, 2.45) is 0 Å². The first-order valence-electron chi connectivity index (χ1n) is 7.33. The Hall–Kier alpha value is -0.870. The lowest BCUT2D eigenvalue weighted by atomic mass is 10.1. The molecule has 0 saturated carbocycles. The second-order valence-corrected chi connectivity index (χ2v) is 6.31. The molecule has 1 fully saturated rings. The summed E-state index contributed by atoms with van der Waals surface area (Å²) >= 11 is 3.54. The molecule has 0 aliphatic carbocycles. The summed E-state index contributed by atoms with van der Waals surface area (Å²) in [6.45, 7) is 10.1. The standard InChI is InChI=1S/C16H23BrN2O/c1-4-13(3)18-8-10-19(11-9-18)16(20)14-7-5-6-12(2)15(14)17/h5-7,13H,4,8-11H2,1-3H3. The van der Waals surface area contributed by atoms with E-state index in [0.717, 1.165) is 48.2 Å². The first-order valence-corrected chi connectivity index (χ1v) is 8.12.